The Morgan fingerprint density at radius 3 is 2.15 bits per heavy atom. The van der Waals surface area contributed by atoms with Gasteiger partial charge in [0, 0.05) is 6.04 Å². The molecule has 0 saturated carbocycles. The van der Waals surface area contributed by atoms with Crippen molar-refractivity contribution in [2.75, 3.05) is 11.5 Å². The summed E-state index contributed by atoms with van der Waals surface area (Å²) < 4.78 is 22.5. The smallest absolute Gasteiger partial charge is 0.152 e. The van der Waals surface area contributed by atoms with Crippen molar-refractivity contribution in [2.45, 2.75) is 33.2 Å². The minimum Gasteiger partial charge on any atom is -0.326 e. The Hall–Kier alpha value is -0.0900. The van der Waals surface area contributed by atoms with E-state index >= 15 is 0 Å². The van der Waals surface area contributed by atoms with E-state index < -0.39 is 9.84 Å². The molecule has 1 rings (SSSR count). The summed E-state index contributed by atoms with van der Waals surface area (Å²) in [5.41, 5.74) is 5.95. The van der Waals surface area contributed by atoms with Crippen molar-refractivity contribution in [1.82, 2.24) is 0 Å². The summed E-state index contributed by atoms with van der Waals surface area (Å²) >= 11 is 0. The standard InChI is InChI=1S/C9H19NO2S/c1-9(2,3)4-7-5-13(11,12)6-8(7)10/h7-8H,4-6,10H2,1-3H3. The van der Waals surface area contributed by atoms with Crippen molar-refractivity contribution in [3.63, 3.8) is 0 Å². The number of hydrogen-bond acceptors (Lipinski definition) is 3. The molecule has 0 aromatic heterocycles. The molecule has 1 fully saturated rings. The number of rotatable bonds is 1. The van der Waals surface area contributed by atoms with Gasteiger partial charge in [-0.3, -0.25) is 0 Å². The van der Waals surface area contributed by atoms with Gasteiger partial charge in [0.15, 0.2) is 9.84 Å². The number of nitrogens with two attached hydrogens (primary N) is 1. The molecule has 0 aromatic carbocycles. The summed E-state index contributed by atoms with van der Waals surface area (Å²) in [6.07, 6.45) is 0.896. The van der Waals surface area contributed by atoms with Gasteiger partial charge in [0.2, 0.25) is 0 Å². The summed E-state index contributed by atoms with van der Waals surface area (Å²) in [5.74, 6) is 0.615. The van der Waals surface area contributed by atoms with Gasteiger partial charge in [-0.25, -0.2) is 8.42 Å². The van der Waals surface area contributed by atoms with Crippen LogP contribution in [-0.2, 0) is 9.84 Å². The van der Waals surface area contributed by atoms with Gasteiger partial charge in [0.25, 0.3) is 0 Å². The van der Waals surface area contributed by atoms with Crippen molar-refractivity contribution in [1.29, 1.82) is 0 Å². The van der Waals surface area contributed by atoms with Crippen molar-refractivity contribution in [3.05, 3.63) is 0 Å². The van der Waals surface area contributed by atoms with Crippen molar-refractivity contribution in [3.8, 4) is 0 Å². The third-order valence-corrected chi connectivity index (χ3v) is 4.22. The zero-order chi connectivity index (χ0) is 10.3. The van der Waals surface area contributed by atoms with E-state index in [1.54, 1.807) is 0 Å². The number of sulfone groups is 1. The maximum Gasteiger partial charge on any atom is 0.152 e. The van der Waals surface area contributed by atoms with E-state index in [9.17, 15) is 8.42 Å². The highest BCUT2D eigenvalue weighted by molar-refractivity contribution is 7.91. The monoisotopic (exact) mass is 205 g/mol. The van der Waals surface area contributed by atoms with Crippen molar-refractivity contribution in [2.24, 2.45) is 17.1 Å². The van der Waals surface area contributed by atoms with E-state index in [2.05, 4.69) is 20.8 Å². The minimum atomic E-state index is -2.84. The highest BCUT2D eigenvalue weighted by Crippen LogP contribution is 2.30. The second-order valence-electron chi connectivity index (χ2n) is 5.27. The normalized spacial score (nSPS) is 33.5. The molecule has 0 aromatic rings. The van der Waals surface area contributed by atoms with Crippen LogP contribution in [0.2, 0.25) is 0 Å². The molecule has 78 valence electrons. The molecule has 0 amide bonds. The van der Waals surface area contributed by atoms with Crippen LogP contribution >= 0.6 is 0 Å². The summed E-state index contributed by atoms with van der Waals surface area (Å²) in [6, 6.07) is -0.149. The molecule has 1 saturated heterocycles. The molecular weight excluding hydrogens is 186 g/mol. The average molecular weight is 205 g/mol. The Morgan fingerprint density at radius 1 is 1.31 bits per heavy atom. The first kappa shape index (κ1) is 11.0. The van der Waals surface area contributed by atoms with Gasteiger partial charge < -0.3 is 5.73 Å². The zero-order valence-electron chi connectivity index (χ0n) is 8.58. The Balaban J connectivity index is 2.64. The molecule has 4 heteroatoms. The fourth-order valence-electron chi connectivity index (χ4n) is 1.94. The van der Waals surface area contributed by atoms with Crippen LogP contribution in [-0.4, -0.2) is 26.0 Å². The van der Waals surface area contributed by atoms with Crippen LogP contribution in [0, 0.1) is 11.3 Å². The minimum absolute atomic E-state index is 0.149. The fourth-order valence-corrected chi connectivity index (χ4v) is 3.96. The summed E-state index contributed by atoms with van der Waals surface area (Å²) in [5, 5.41) is 0. The van der Waals surface area contributed by atoms with Crippen LogP contribution in [0.3, 0.4) is 0 Å². The predicted octanol–water partition coefficient (Wildman–Crippen LogP) is 0.794. The Kier molecular flexibility index (Phi) is 2.74. The van der Waals surface area contributed by atoms with Crippen LogP contribution in [0.15, 0.2) is 0 Å². The Labute approximate surface area is 80.6 Å². The highest BCUT2D eigenvalue weighted by atomic mass is 32.2. The molecule has 0 spiro atoms. The lowest BCUT2D eigenvalue weighted by Gasteiger charge is -2.24. The van der Waals surface area contributed by atoms with E-state index in [-0.39, 0.29) is 28.9 Å². The molecule has 3 nitrogen and oxygen atoms in total. The van der Waals surface area contributed by atoms with E-state index in [1.807, 2.05) is 0 Å². The van der Waals surface area contributed by atoms with Crippen LogP contribution in [0.1, 0.15) is 27.2 Å². The third kappa shape index (κ3) is 3.27. The summed E-state index contributed by atoms with van der Waals surface area (Å²) in [7, 11) is -2.84. The second-order valence-corrected chi connectivity index (χ2v) is 7.42. The van der Waals surface area contributed by atoms with E-state index in [1.165, 1.54) is 0 Å². The SMILES string of the molecule is CC(C)(C)CC1CS(=O)(=O)CC1N. The van der Waals surface area contributed by atoms with Crippen LogP contribution in [0.4, 0.5) is 0 Å². The molecule has 1 aliphatic rings. The molecule has 0 aliphatic carbocycles. The summed E-state index contributed by atoms with van der Waals surface area (Å²) in [6.45, 7) is 6.35. The first-order valence-corrected chi connectivity index (χ1v) is 6.48. The molecule has 2 unspecified atom stereocenters. The molecule has 2 atom stereocenters. The van der Waals surface area contributed by atoms with Crippen LogP contribution in [0.5, 0.6) is 0 Å². The van der Waals surface area contributed by atoms with E-state index in [4.69, 9.17) is 5.73 Å². The molecule has 0 radical (unpaired) electrons. The van der Waals surface area contributed by atoms with E-state index in [0.717, 1.165) is 6.42 Å². The molecule has 1 heterocycles. The van der Waals surface area contributed by atoms with Gasteiger partial charge in [-0.15, -0.1) is 0 Å². The third-order valence-electron chi connectivity index (χ3n) is 2.39. The lowest BCUT2D eigenvalue weighted by molar-refractivity contribution is 0.294. The van der Waals surface area contributed by atoms with E-state index in [0.29, 0.717) is 0 Å². The van der Waals surface area contributed by atoms with Gasteiger partial charge >= 0.3 is 0 Å². The topological polar surface area (TPSA) is 60.2 Å². The molecular formula is C9H19NO2S. The van der Waals surface area contributed by atoms with Crippen LogP contribution < -0.4 is 5.73 Å². The molecule has 13 heavy (non-hydrogen) atoms. The highest BCUT2D eigenvalue weighted by Gasteiger charge is 2.36. The molecule has 2 N–H and O–H groups in total. The zero-order valence-corrected chi connectivity index (χ0v) is 9.39. The first-order chi connectivity index (χ1) is 5.70. The maximum absolute atomic E-state index is 11.3. The Bertz CT molecular complexity index is 276. The lowest BCUT2D eigenvalue weighted by atomic mass is 9.83. The number of hydrogen-bond donors (Lipinski definition) is 1. The maximum atomic E-state index is 11.3. The van der Waals surface area contributed by atoms with Gasteiger partial charge in [-0.1, -0.05) is 20.8 Å². The predicted molar refractivity (Wildman–Crippen MR) is 54.2 cm³/mol. The van der Waals surface area contributed by atoms with Crippen LogP contribution in [0.25, 0.3) is 0 Å². The lowest BCUT2D eigenvalue weighted by Crippen LogP contribution is -2.31. The average Bonchev–Trinajstić information content (AvgIpc) is 2.00. The fraction of sp³-hybridized carbons (Fsp3) is 1.00. The molecule has 0 bridgehead atoms. The quantitative estimate of drug-likeness (QED) is 0.688. The van der Waals surface area contributed by atoms with Gasteiger partial charge in [0.1, 0.15) is 0 Å². The second kappa shape index (κ2) is 3.24. The Morgan fingerprint density at radius 2 is 1.85 bits per heavy atom. The first-order valence-electron chi connectivity index (χ1n) is 4.66. The van der Waals surface area contributed by atoms with Gasteiger partial charge in [-0.2, -0.15) is 0 Å². The van der Waals surface area contributed by atoms with Crippen molar-refractivity contribution >= 4 is 9.84 Å². The van der Waals surface area contributed by atoms with Gasteiger partial charge in [-0.05, 0) is 17.8 Å². The van der Waals surface area contributed by atoms with Gasteiger partial charge in [0.05, 0.1) is 11.5 Å². The largest absolute Gasteiger partial charge is 0.326 e. The van der Waals surface area contributed by atoms with Crippen molar-refractivity contribution < 1.29 is 8.42 Å². The summed E-state index contributed by atoms with van der Waals surface area (Å²) in [4.78, 5) is 0. The molecule has 1 aliphatic heterocycles.